The number of hydrogen-bond acceptors (Lipinski definition) is 2. The minimum Gasteiger partial charge on any atom is -0.875 e. The van der Waals surface area contributed by atoms with E-state index in [1.165, 1.54) is 6.92 Å². The van der Waals surface area contributed by atoms with E-state index in [4.69, 9.17) is 0 Å². The van der Waals surface area contributed by atoms with Crippen LogP contribution in [0.2, 0.25) is 0 Å². The Morgan fingerprint density at radius 1 is 1.43 bits per heavy atom. The zero-order valence-corrected chi connectivity index (χ0v) is 7.99. The molecule has 0 aromatic heterocycles. The summed E-state index contributed by atoms with van der Waals surface area (Å²) in [5.41, 5.74) is 1.01. The number of benzene rings is 1. The second kappa shape index (κ2) is 5.07. The monoisotopic (exact) mass is 190 g/mol. The third-order valence-corrected chi connectivity index (χ3v) is 1.64. The molecular weight excluding hydrogens is 178 g/mol. The van der Waals surface area contributed by atoms with E-state index in [0.717, 1.165) is 11.6 Å². The van der Waals surface area contributed by atoms with Crippen LogP contribution in [0, 0.1) is 0 Å². The first-order valence-corrected chi connectivity index (χ1v) is 4.35. The summed E-state index contributed by atoms with van der Waals surface area (Å²) in [5, 5.41) is 13.2. The number of rotatable bonds is 3. The van der Waals surface area contributed by atoms with Crippen molar-refractivity contribution in [2.75, 3.05) is 0 Å². The van der Waals surface area contributed by atoms with Gasteiger partial charge in [0.05, 0.1) is 0 Å². The summed E-state index contributed by atoms with van der Waals surface area (Å²) in [6, 6.07) is 9.53. The molecule has 0 heterocycles. The van der Waals surface area contributed by atoms with E-state index in [0.29, 0.717) is 6.54 Å². The van der Waals surface area contributed by atoms with Crippen LogP contribution in [0.15, 0.2) is 42.2 Å². The summed E-state index contributed by atoms with van der Waals surface area (Å²) in [4.78, 5) is 11.0. The maximum Gasteiger partial charge on any atom is 0.243 e. The quantitative estimate of drug-likeness (QED) is 0.559. The molecule has 1 aromatic rings. The van der Waals surface area contributed by atoms with Gasteiger partial charge in [0, 0.05) is 6.54 Å². The first kappa shape index (κ1) is 10.3. The summed E-state index contributed by atoms with van der Waals surface area (Å²) in [6.45, 7) is 1.80. The lowest BCUT2D eigenvalue weighted by Gasteiger charge is -2.05. The van der Waals surface area contributed by atoms with Crippen molar-refractivity contribution in [1.82, 2.24) is 5.32 Å². The fourth-order valence-corrected chi connectivity index (χ4v) is 1.02. The van der Waals surface area contributed by atoms with Crippen molar-refractivity contribution in [3.05, 3.63) is 47.7 Å². The molecule has 0 atom stereocenters. The predicted molar refractivity (Wildman–Crippen MR) is 52.0 cm³/mol. The number of allylic oxidation sites excluding steroid dienone is 1. The Hall–Kier alpha value is -1.77. The lowest BCUT2D eigenvalue weighted by atomic mass is 10.2. The fourth-order valence-electron chi connectivity index (χ4n) is 1.02. The Labute approximate surface area is 83.1 Å². The number of carbonyl (C=O) groups is 1. The summed E-state index contributed by atoms with van der Waals surface area (Å²) in [7, 11) is 0. The molecule has 0 radical (unpaired) electrons. The molecule has 0 aliphatic heterocycles. The van der Waals surface area contributed by atoms with Gasteiger partial charge in [-0.15, -0.1) is 5.76 Å². The molecule has 74 valence electrons. The Balaban J connectivity index is 2.42. The van der Waals surface area contributed by atoms with E-state index < -0.39 is 0 Å². The van der Waals surface area contributed by atoms with Crippen LogP contribution in [0.5, 0.6) is 0 Å². The second-order valence-electron chi connectivity index (χ2n) is 2.96. The second-order valence-corrected chi connectivity index (χ2v) is 2.96. The van der Waals surface area contributed by atoms with E-state index in [1.807, 2.05) is 30.3 Å². The minimum atomic E-state index is -0.346. The number of carbonyl (C=O) groups excluding carboxylic acids is 1. The molecule has 14 heavy (non-hydrogen) atoms. The summed E-state index contributed by atoms with van der Waals surface area (Å²) >= 11 is 0. The highest BCUT2D eigenvalue weighted by molar-refractivity contribution is 5.87. The van der Waals surface area contributed by atoms with Gasteiger partial charge in [-0.1, -0.05) is 37.3 Å². The van der Waals surface area contributed by atoms with Crippen molar-refractivity contribution >= 4 is 5.91 Å². The van der Waals surface area contributed by atoms with Crippen LogP contribution < -0.4 is 10.4 Å². The summed E-state index contributed by atoms with van der Waals surface area (Å²) < 4.78 is 0. The molecule has 0 saturated carbocycles. The van der Waals surface area contributed by atoms with Gasteiger partial charge in [-0.2, -0.15) is 0 Å². The maximum absolute atomic E-state index is 11.0. The molecule has 3 heteroatoms. The third kappa shape index (κ3) is 3.76. The Bertz CT molecular complexity index is 326. The van der Waals surface area contributed by atoms with Crippen molar-refractivity contribution in [2.45, 2.75) is 13.5 Å². The zero-order valence-electron chi connectivity index (χ0n) is 7.99. The van der Waals surface area contributed by atoms with E-state index in [9.17, 15) is 9.90 Å². The van der Waals surface area contributed by atoms with Crippen molar-refractivity contribution < 1.29 is 9.90 Å². The lowest BCUT2D eigenvalue weighted by molar-refractivity contribution is -0.301. The van der Waals surface area contributed by atoms with Gasteiger partial charge < -0.3 is 10.4 Å². The molecule has 0 unspecified atom stereocenters. The highest BCUT2D eigenvalue weighted by Crippen LogP contribution is 1.96. The summed E-state index contributed by atoms with van der Waals surface area (Å²) in [5.74, 6) is -0.586. The number of nitrogens with one attached hydrogen (secondary N) is 1. The average molecular weight is 190 g/mol. The maximum atomic E-state index is 11.0. The molecule has 1 rings (SSSR count). The third-order valence-electron chi connectivity index (χ3n) is 1.64. The standard InChI is InChI=1S/C11H13NO2/c1-9(13)7-11(14)12-8-10-5-3-2-4-6-10/h2-7,13H,8H2,1H3,(H,12,14)/p-1/b9-7-. The largest absolute Gasteiger partial charge is 0.875 e. The van der Waals surface area contributed by atoms with Crippen LogP contribution in [0.25, 0.3) is 0 Å². The molecule has 0 bridgehead atoms. The molecular formula is C11H12NO2-. The highest BCUT2D eigenvalue weighted by atomic mass is 16.3. The lowest BCUT2D eigenvalue weighted by Crippen LogP contribution is -2.21. The van der Waals surface area contributed by atoms with Gasteiger partial charge in [0.25, 0.3) is 0 Å². The van der Waals surface area contributed by atoms with Gasteiger partial charge >= 0.3 is 0 Å². The predicted octanol–water partition coefficient (Wildman–Crippen LogP) is 0.567. The molecule has 1 amide bonds. The molecule has 0 aliphatic rings. The Morgan fingerprint density at radius 3 is 2.64 bits per heavy atom. The van der Waals surface area contributed by atoms with Crippen LogP contribution in [0.4, 0.5) is 0 Å². The highest BCUT2D eigenvalue weighted by Gasteiger charge is 1.94. The van der Waals surface area contributed by atoms with Crippen LogP contribution in [0.1, 0.15) is 12.5 Å². The van der Waals surface area contributed by atoms with E-state index in [1.54, 1.807) is 0 Å². The molecule has 0 aliphatic carbocycles. The Morgan fingerprint density at radius 2 is 2.07 bits per heavy atom. The SMILES string of the molecule is C/C([O-])=C/C(=O)NCc1ccccc1. The van der Waals surface area contributed by atoms with Crippen molar-refractivity contribution in [3.63, 3.8) is 0 Å². The van der Waals surface area contributed by atoms with Crippen LogP contribution in [0.3, 0.4) is 0 Å². The summed E-state index contributed by atoms with van der Waals surface area (Å²) in [6.07, 6.45) is 1.04. The van der Waals surface area contributed by atoms with Crippen LogP contribution >= 0.6 is 0 Å². The first-order chi connectivity index (χ1) is 6.68. The van der Waals surface area contributed by atoms with Crippen LogP contribution in [-0.4, -0.2) is 5.91 Å². The van der Waals surface area contributed by atoms with Gasteiger partial charge in [0.2, 0.25) is 5.91 Å². The normalized spacial score (nSPS) is 11.1. The molecule has 1 aromatic carbocycles. The molecule has 0 spiro atoms. The van der Waals surface area contributed by atoms with Crippen LogP contribution in [-0.2, 0) is 11.3 Å². The average Bonchev–Trinajstić information content (AvgIpc) is 2.15. The minimum absolute atomic E-state index is 0.240. The van der Waals surface area contributed by atoms with Crippen molar-refractivity contribution in [3.8, 4) is 0 Å². The molecule has 1 N–H and O–H groups in total. The smallest absolute Gasteiger partial charge is 0.243 e. The first-order valence-electron chi connectivity index (χ1n) is 4.35. The van der Waals surface area contributed by atoms with Gasteiger partial charge in [0.1, 0.15) is 0 Å². The van der Waals surface area contributed by atoms with Gasteiger partial charge in [0.15, 0.2) is 0 Å². The van der Waals surface area contributed by atoms with E-state index in [2.05, 4.69) is 5.32 Å². The fraction of sp³-hybridized carbons (Fsp3) is 0.182. The van der Waals surface area contributed by atoms with Crippen molar-refractivity contribution in [1.29, 1.82) is 0 Å². The molecule has 3 nitrogen and oxygen atoms in total. The zero-order chi connectivity index (χ0) is 10.4. The molecule has 0 saturated heterocycles. The topological polar surface area (TPSA) is 52.2 Å². The van der Waals surface area contributed by atoms with Gasteiger partial charge in [-0.05, 0) is 11.6 Å². The number of amides is 1. The van der Waals surface area contributed by atoms with E-state index in [-0.39, 0.29) is 11.7 Å². The number of hydrogen-bond donors (Lipinski definition) is 1. The van der Waals surface area contributed by atoms with E-state index >= 15 is 0 Å². The van der Waals surface area contributed by atoms with Gasteiger partial charge in [-0.3, -0.25) is 4.79 Å². The molecule has 0 fully saturated rings. The van der Waals surface area contributed by atoms with Gasteiger partial charge in [-0.25, -0.2) is 0 Å². The Kier molecular flexibility index (Phi) is 3.73. The van der Waals surface area contributed by atoms with Crippen molar-refractivity contribution in [2.24, 2.45) is 0 Å².